The lowest BCUT2D eigenvalue weighted by Gasteiger charge is -2.29. The Bertz CT molecular complexity index is 742. The molecule has 1 aromatic carbocycles. The van der Waals surface area contributed by atoms with Crippen LogP contribution >= 0.6 is 11.8 Å². The molecule has 2 aliphatic rings. The topological polar surface area (TPSA) is 54.4 Å². The molecule has 0 N–H and O–H groups in total. The molecule has 3 rings (SSSR count). The fraction of sp³-hybridized carbons (Fsp3) is 0.600. The van der Waals surface area contributed by atoms with Crippen LogP contribution < -0.4 is 9.47 Å². The smallest absolute Gasteiger partial charge is 0.387 e. The summed E-state index contributed by atoms with van der Waals surface area (Å²) in [6.45, 7) is 2.85. The van der Waals surface area contributed by atoms with E-state index in [9.17, 15) is 13.6 Å². The van der Waals surface area contributed by atoms with Crippen molar-refractivity contribution in [2.75, 3.05) is 33.3 Å². The van der Waals surface area contributed by atoms with Crippen molar-refractivity contribution in [1.29, 1.82) is 0 Å². The van der Waals surface area contributed by atoms with E-state index in [1.807, 2.05) is 6.92 Å². The lowest BCUT2D eigenvalue weighted by Crippen LogP contribution is -2.36. The molecule has 6 nitrogen and oxygen atoms in total. The van der Waals surface area contributed by atoms with Gasteiger partial charge in [0, 0.05) is 12.1 Å². The third kappa shape index (κ3) is 5.60. The zero-order valence-corrected chi connectivity index (χ0v) is 17.6. The van der Waals surface area contributed by atoms with Gasteiger partial charge in [0.15, 0.2) is 11.5 Å². The van der Waals surface area contributed by atoms with Gasteiger partial charge < -0.3 is 14.4 Å². The third-order valence-corrected chi connectivity index (χ3v) is 6.33. The van der Waals surface area contributed by atoms with Crippen molar-refractivity contribution < 1.29 is 23.0 Å². The summed E-state index contributed by atoms with van der Waals surface area (Å²) in [5.74, 6) is 0.185. The lowest BCUT2D eigenvalue weighted by atomic mass is 10.0. The van der Waals surface area contributed by atoms with Crippen molar-refractivity contribution in [3.05, 3.63) is 23.8 Å². The number of nitrogens with zero attached hydrogens (tertiary/aromatic N) is 3. The predicted molar refractivity (Wildman–Crippen MR) is 110 cm³/mol. The number of ether oxygens (including phenoxy) is 2. The number of hydrogen-bond acceptors (Lipinski definition) is 6. The van der Waals surface area contributed by atoms with Gasteiger partial charge in [0.25, 0.3) is 0 Å². The standard InChI is InChI=1S/C20H27F2N3O3S/c1-3-17-18(14-7-8-15(28-19(21)22)16(13-14)27-2)23-25(20(26)29-17)12-6-11-24-9-4-5-10-24/h7-8,13,17,19H,3-6,9-12H2,1-2H3. The number of methoxy groups -OCH3 is 1. The van der Waals surface area contributed by atoms with Crippen LogP contribution in [0.1, 0.15) is 38.2 Å². The monoisotopic (exact) mass is 427 g/mol. The molecular weight excluding hydrogens is 400 g/mol. The van der Waals surface area contributed by atoms with Gasteiger partial charge in [-0.2, -0.15) is 13.9 Å². The van der Waals surface area contributed by atoms with E-state index in [-0.39, 0.29) is 22.0 Å². The normalized spacial score (nSPS) is 20.3. The zero-order chi connectivity index (χ0) is 20.8. The molecule has 0 saturated carbocycles. The molecule has 9 heteroatoms. The molecule has 29 heavy (non-hydrogen) atoms. The highest BCUT2D eigenvalue weighted by Gasteiger charge is 2.30. The van der Waals surface area contributed by atoms with Crippen LogP contribution in [-0.4, -0.2) is 66.0 Å². The second-order valence-electron chi connectivity index (χ2n) is 7.04. The summed E-state index contributed by atoms with van der Waals surface area (Å²) in [7, 11) is 1.40. The average molecular weight is 428 g/mol. The molecule has 1 aromatic rings. The van der Waals surface area contributed by atoms with Crippen LogP contribution in [0.25, 0.3) is 0 Å². The summed E-state index contributed by atoms with van der Waals surface area (Å²) in [6.07, 6.45) is 4.08. The Balaban J connectivity index is 1.77. The maximum absolute atomic E-state index is 12.6. The summed E-state index contributed by atoms with van der Waals surface area (Å²) >= 11 is 1.26. The summed E-state index contributed by atoms with van der Waals surface area (Å²) in [6, 6.07) is 4.77. The first-order valence-electron chi connectivity index (χ1n) is 9.94. The first-order chi connectivity index (χ1) is 14.0. The Morgan fingerprint density at radius 3 is 2.66 bits per heavy atom. The molecule has 0 aliphatic carbocycles. The van der Waals surface area contributed by atoms with E-state index in [0.717, 1.165) is 43.8 Å². The quantitative estimate of drug-likeness (QED) is 0.583. The second kappa shape index (κ2) is 10.2. The number of thioether (sulfide) groups is 1. The van der Waals surface area contributed by atoms with Gasteiger partial charge in [-0.15, -0.1) is 0 Å². The molecule has 0 aromatic heterocycles. The van der Waals surface area contributed by atoms with Crippen molar-refractivity contribution in [2.45, 2.75) is 44.5 Å². The number of likely N-dealkylation sites (tertiary alicyclic amines) is 1. The van der Waals surface area contributed by atoms with Gasteiger partial charge in [0.1, 0.15) is 0 Å². The van der Waals surface area contributed by atoms with E-state index < -0.39 is 6.61 Å². The van der Waals surface area contributed by atoms with Crippen molar-refractivity contribution in [2.24, 2.45) is 5.10 Å². The molecule has 0 spiro atoms. The van der Waals surface area contributed by atoms with Gasteiger partial charge in [-0.3, -0.25) is 4.79 Å². The fourth-order valence-corrected chi connectivity index (χ4v) is 4.56. The van der Waals surface area contributed by atoms with Gasteiger partial charge in [0.2, 0.25) is 0 Å². The highest BCUT2D eigenvalue weighted by molar-refractivity contribution is 8.14. The molecule has 1 unspecified atom stereocenters. The maximum atomic E-state index is 12.6. The number of halogens is 2. The van der Waals surface area contributed by atoms with E-state index in [1.54, 1.807) is 12.1 Å². The number of rotatable bonds is 9. The summed E-state index contributed by atoms with van der Waals surface area (Å²) < 4.78 is 34.9. The first kappa shape index (κ1) is 21.8. The molecule has 1 saturated heterocycles. The number of carbonyl (C=O) groups is 1. The van der Waals surface area contributed by atoms with Gasteiger partial charge in [-0.1, -0.05) is 18.7 Å². The second-order valence-corrected chi connectivity index (χ2v) is 8.19. The highest BCUT2D eigenvalue weighted by Crippen LogP contribution is 2.34. The van der Waals surface area contributed by atoms with Crippen molar-refractivity contribution >= 4 is 22.7 Å². The fourth-order valence-electron chi connectivity index (χ4n) is 3.61. The van der Waals surface area contributed by atoms with Crippen LogP contribution in [0, 0.1) is 0 Å². The average Bonchev–Trinajstić information content (AvgIpc) is 3.22. The Morgan fingerprint density at radius 2 is 2.00 bits per heavy atom. The summed E-state index contributed by atoms with van der Waals surface area (Å²) in [4.78, 5) is 14.9. The third-order valence-electron chi connectivity index (χ3n) is 5.08. The number of hydrazone groups is 1. The molecule has 1 fully saturated rings. The molecule has 2 heterocycles. The Hall–Kier alpha value is -1.87. The minimum atomic E-state index is -2.93. The van der Waals surface area contributed by atoms with Crippen LogP contribution in [0.15, 0.2) is 23.3 Å². The van der Waals surface area contributed by atoms with E-state index >= 15 is 0 Å². The summed E-state index contributed by atoms with van der Waals surface area (Å²) in [5, 5.41) is 6.02. The van der Waals surface area contributed by atoms with Crippen LogP contribution in [0.4, 0.5) is 13.6 Å². The Labute approximate surface area is 174 Å². The number of carbonyl (C=O) groups excluding carboxylic acids is 1. The van der Waals surface area contributed by atoms with E-state index in [2.05, 4.69) is 14.7 Å². The molecule has 1 atom stereocenters. The first-order valence-corrected chi connectivity index (χ1v) is 10.8. The predicted octanol–water partition coefficient (Wildman–Crippen LogP) is 4.43. The van der Waals surface area contributed by atoms with Crippen molar-refractivity contribution in [3.63, 3.8) is 0 Å². The molecule has 0 bridgehead atoms. The molecule has 1 amide bonds. The minimum Gasteiger partial charge on any atom is -0.493 e. The Morgan fingerprint density at radius 1 is 1.24 bits per heavy atom. The van der Waals surface area contributed by atoms with Gasteiger partial charge in [-0.05, 0) is 63.5 Å². The molecule has 160 valence electrons. The maximum Gasteiger partial charge on any atom is 0.387 e. The summed E-state index contributed by atoms with van der Waals surface area (Å²) in [5.41, 5.74) is 1.49. The SMILES string of the molecule is CCC1SC(=O)N(CCCN2CCCC2)N=C1c1ccc(OC(F)F)c(OC)c1. The van der Waals surface area contributed by atoms with E-state index in [0.29, 0.717) is 6.54 Å². The van der Waals surface area contributed by atoms with Crippen LogP contribution in [-0.2, 0) is 0 Å². The zero-order valence-electron chi connectivity index (χ0n) is 16.8. The van der Waals surface area contributed by atoms with Crippen LogP contribution in [0.2, 0.25) is 0 Å². The van der Waals surface area contributed by atoms with Crippen molar-refractivity contribution in [1.82, 2.24) is 9.91 Å². The number of alkyl halides is 2. The molecule has 0 radical (unpaired) electrons. The lowest BCUT2D eigenvalue weighted by molar-refractivity contribution is -0.0512. The van der Waals surface area contributed by atoms with Gasteiger partial charge >= 0.3 is 11.9 Å². The highest BCUT2D eigenvalue weighted by atomic mass is 32.2. The largest absolute Gasteiger partial charge is 0.493 e. The van der Waals surface area contributed by atoms with Gasteiger partial charge in [-0.25, -0.2) is 5.01 Å². The van der Waals surface area contributed by atoms with Crippen LogP contribution in [0.5, 0.6) is 11.5 Å². The number of benzene rings is 1. The van der Waals surface area contributed by atoms with E-state index in [1.165, 1.54) is 42.8 Å². The minimum absolute atomic E-state index is 0.0260. The van der Waals surface area contributed by atoms with E-state index in [4.69, 9.17) is 4.74 Å². The van der Waals surface area contributed by atoms with Crippen molar-refractivity contribution in [3.8, 4) is 11.5 Å². The number of hydrogen-bond donors (Lipinski definition) is 0. The molecular formula is C20H27F2N3O3S. The Kier molecular flexibility index (Phi) is 7.71. The number of amides is 1. The van der Waals surface area contributed by atoms with Crippen LogP contribution in [0.3, 0.4) is 0 Å². The van der Waals surface area contributed by atoms with Gasteiger partial charge in [0.05, 0.1) is 18.1 Å². The molecule has 2 aliphatic heterocycles.